The second-order valence-electron chi connectivity index (χ2n) is 4.99. The number of carbonyl (C=O) groups excluding carboxylic acids is 1. The Hall–Kier alpha value is -1.95. The highest BCUT2D eigenvalue weighted by molar-refractivity contribution is 5.95. The molecule has 0 aromatic heterocycles. The quantitative estimate of drug-likeness (QED) is 0.809. The molecule has 5 nitrogen and oxygen atoms in total. The van der Waals surface area contributed by atoms with Crippen LogP contribution in [0.5, 0.6) is 0 Å². The number of anilines is 1. The average Bonchev–Trinajstić information content (AvgIpc) is 2.41. The summed E-state index contributed by atoms with van der Waals surface area (Å²) < 4.78 is 13.2. The number of benzene rings is 1. The van der Waals surface area contributed by atoms with Gasteiger partial charge in [-0.2, -0.15) is 0 Å². The van der Waals surface area contributed by atoms with Gasteiger partial charge in [-0.15, -0.1) is 0 Å². The van der Waals surface area contributed by atoms with E-state index < -0.39 is 17.8 Å². The van der Waals surface area contributed by atoms with Gasteiger partial charge in [0.05, 0.1) is 12.6 Å². The molecule has 0 fully saturated rings. The maximum Gasteiger partial charge on any atom is 0.317 e. The summed E-state index contributed by atoms with van der Waals surface area (Å²) in [6, 6.07) is 3.55. The second kappa shape index (κ2) is 7.73. The smallest absolute Gasteiger partial charge is 0.317 e. The number of amides is 1. The van der Waals surface area contributed by atoms with Crippen LogP contribution < -0.4 is 5.32 Å². The van der Waals surface area contributed by atoms with Crippen LogP contribution in [0.4, 0.5) is 10.1 Å². The monoisotopic (exact) mass is 296 g/mol. The molecule has 1 aromatic carbocycles. The zero-order valence-electron chi connectivity index (χ0n) is 12.5. The van der Waals surface area contributed by atoms with Crippen molar-refractivity contribution in [3.05, 3.63) is 29.6 Å². The summed E-state index contributed by atoms with van der Waals surface area (Å²) in [6.45, 7) is 5.62. The van der Waals surface area contributed by atoms with Crippen LogP contribution >= 0.6 is 0 Å². The summed E-state index contributed by atoms with van der Waals surface area (Å²) in [7, 11) is 0. The number of aryl methyl sites for hydroxylation is 1. The van der Waals surface area contributed by atoms with E-state index in [2.05, 4.69) is 5.32 Å². The van der Waals surface area contributed by atoms with Crippen molar-refractivity contribution < 1.29 is 19.1 Å². The minimum atomic E-state index is -0.981. The third kappa shape index (κ3) is 5.15. The van der Waals surface area contributed by atoms with Gasteiger partial charge < -0.3 is 10.4 Å². The predicted octanol–water partition coefficient (Wildman–Crippen LogP) is 2.26. The lowest BCUT2D eigenvalue weighted by molar-refractivity contribution is -0.139. The van der Waals surface area contributed by atoms with Crippen molar-refractivity contribution in [3.63, 3.8) is 0 Å². The molecule has 21 heavy (non-hydrogen) atoms. The Morgan fingerprint density at radius 1 is 1.43 bits per heavy atom. The number of aliphatic carboxylic acids is 1. The predicted molar refractivity (Wildman–Crippen MR) is 78.7 cm³/mol. The highest BCUT2D eigenvalue weighted by atomic mass is 19.1. The molecule has 1 rings (SSSR count). The van der Waals surface area contributed by atoms with Crippen LogP contribution in [0.15, 0.2) is 18.2 Å². The second-order valence-corrected chi connectivity index (χ2v) is 4.99. The van der Waals surface area contributed by atoms with E-state index >= 15 is 0 Å². The van der Waals surface area contributed by atoms with Crippen molar-refractivity contribution in [1.82, 2.24) is 4.90 Å². The van der Waals surface area contributed by atoms with Crippen LogP contribution in [-0.4, -0.2) is 41.0 Å². The molecule has 0 aliphatic carbocycles. The molecular formula is C15H21FN2O3. The minimum Gasteiger partial charge on any atom is -0.480 e. The van der Waals surface area contributed by atoms with Gasteiger partial charge in [0.25, 0.3) is 0 Å². The molecule has 1 unspecified atom stereocenters. The van der Waals surface area contributed by atoms with Gasteiger partial charge in [-0.05, 0) is 44.5 Å². The molecular weight excluding hydrogens is 275 g/mol. The number of halogens is 1. The molecule has 0 heterocycles. The topological polar surface area (TPSA) is 69.6 Å². The molecule has 2 N–H and O–H groups in total. The van der Waals surface area contributed by atoms with Gasteiger partial charge in [0, 0.05) is 5.69 Å². The van der Waals surface area contributed by atoms with Crippen LogP contribution in [0.3, 0.4) is 0 Å². The Balaban J connectivity index is 2.80. The van der Waals surface area contributed by atoms with E-state index in [9.17, 15) is 14.0 Å². The van der Waals surface area contributed by atoms with Gasteiger partial charge in [0.15, 0.2) is 0 Å². The van der Waals surface area contributed by atoms with E-state index in [-0.39, 0.29) is 12.5 Å². The van der Waals surface area contributed by atoms with Crippen molar-refractivity contribution in [2.24, 2.45) is 0 Å². The van der Waals surface area contributed by atoms with Crippen molar-refractivity contribution in [2.45, 2.75) is 33.2 Å². The Kier molecular flexibility index (Phi) is 6.30. The van der Waals surface area contributed by atoms with Gasteiger partial charge >= 0.3 is 5.97 Å². The van der Waals surface area contributed by atoms with Crippen LogP contribution in [0, 0.1) is 12.7 Å². The van der Waals surface area contributed by atoms with E-state index in [4.69, 9.17) is 5.11 Å². The van der Waals surface area contributed by atoms with E-state index in [1.807, 2.05) is 6.92 Å². The number of hydrogen-bond donors (Lipinski definition) is 2. The van der Waals surface area contributed by atoms with E-state index in [0.717, 1.165) is 12.0 Å². The third-order valence-electron chi connectivity index (χ3n) is 3.23. The molecule has 1 aromatic rings. The Morgan fingerprint density at radius 2 is 2.10 bits per heavy atom. The number of carboxylic acid groups (broad SMARTS) is 1. The molecule has 0 bridgehead atoms. The summed E-state index contributed by atoms with van der Waals surface area (Å²) in [4.78, 5) is 24.6. The number of carboxylic acids is 1. The largest absolute Gasteiger partial charge is 0.480 e. The molecule has 0 aliphatic rings. The number of carbonyl (C=O) groups is 2. The standard InChI is InChI=1S/C15H21FN2O3/c1-4-7-18(9-14(19)20)11(3)15(21)17-13-8-12(16)6-5-10(13)2/h5-6,8,11H,4,7,9H2,1-3H3,(H,17,21)(H,19,20). The van der Waals surface area contributed by atoms with Gasteiger partial charge in [-0.25, -0.2) is 4.39 Å². The Morgan fingerprint density at radius 3 is 2.67 bits per heavy atom. The average molecular weight is 296 g/mol. The van der Waals surface area contributed by atoms with Crippen molar-refractivity contribution in [3.8, 4) is 0 Å². The van der Waals surface area contributed by atoms with Crippen LogP contribution in [0.2, 0.25) is 0 Å². The van der Waals surface area contributed by atoms with Crippen LogP contribution in [0.1, 0.15) is 25.8 Å². The Labute approximate surface area is 123 Å². The van der Waals surface area contributed by atoms with Gasteiger partial charge in [0.2, 0.25) is 5.91 Å². The van der Waals surface area contributed by atoms with E-state index in [1.54, 1.807) is 24.8 Å². The maximum absolute atomic E-state index is 13.2. The summed E-state index contributed by atoms with van der Waals surface area (Å²) in [5, 5.41) is 11.5. The zero-order chi connectivity index (χ0) is 16.0. The fourth-order valence-corrected chi connectivity index (χ4v) is 2.00. The number of rotatable bonds is 7. The van der Waals surface area contributed by atoms with Crippen molar-refractivity contribution >= 4 is 17.6 Å². The molecule has 0 radical (unpaired) electrons. The normalized spacial score (nSPS) is 12.2. The molecule has 1 atom stereocenters. The van der Waals surface area contributed by atoms with E-state index in [0.29, 0.717) is 12.2 Å². The summed E-state index contributed by atoms with van der Waals surface area (Å²) in [5.41, 5.74) is 1.15. The van der Waals surface area contributed by atoms with E-state index in [1.165, 1.54) is 12.1 Å². The number of nitrogens with zero attached hydrogens (tertiary/aromatic N) is 1. The fraction of sp³-hybridized carbons (Fsp3) is 0.467. The third-order valence-corrected chi connectivity index (χ3v) is 3.23. The van der Waals surface area contributed by atoms with Crippen molar-refractivity contribution in [2.75, 3.05) is 18.4 Å². The molecule has 0 aliphatic heterocycles. The van der Waals surface area contributed by atoms with Gasteiger partial charge in [-0.1, -0.05) is 13.0 Å². The van der Waals surface area contributed by atoms with Crippen molar-refractivity contribution in [1.29, 1.82) is 0 Å². The fourth-order valence-electron chi connectivity index (χ4n) is 2.00. The zero-order valence-corrected chi connectivity index (χ0v) is 12.5. The Bertz CT molecular complexity index is 520. The molecule has 1 amide bonds. The molecule has 0 spiro atoms. The highest BCUT2D eigenvalue weighted by Crippen LogP contribution is 2.17. The minimum absolute atomic E-state index is 0.204. The summed E-state index contributed by atoms with van der Waals surface area (Å²) in [5.74, 6) is -1.76. The SMILES string of the molecule is CCCN(CC(=O)O)C(C)C(=O)Nc1cc(F)ccc1C. The number of nitrogens with one attached hydrogen (secondary N) is 1. The lowest BCUT2D eigenvalue weighted by Crippen LogP contribution is -2.45. The van der Waals surface area contributed by atoms with Gasteiger partial charge in [-0.3, -0.25) is 14.5 Å². The first-order valence-corrected chi connectivity index (χ1v) is 6.88. The maximum atomic E-state index is 13.2. The molecule has 0 saturated carbocycles. The lowest BCUT2D eigenvalue weighted by atomic mass is 10.1. The molecule has 6 heteroatoms. The summed E-state index contributed by atoms with van der Waals surface area (Å²) >= 11 is 0. The van der Waals surface area contributed by atoms with Crippen LogP contribution in [0.25, 0.3) is 0 Å². The first-order chi connectivity index (χ1) is 9.85. The lowest BCUT2D eigenvalue weighted by Gasteiger charge is -2.26. The molecule has 0 saturated heterocycles. The molecule has 116 valence electrons. The van der Waals surface area contributed by atoms with Crippen LogP contribution in [-0.2, 0) is 9.59 Å². The summed E-state index contributed by atoms with van der Waals surface area (Å²) in [6.07, 6.45) is 0.740. The number of hydrogen-bond acceptors (Lipinski definition) is 3. The highest BCUT2D eigenvalue weighted by Gasteiger charge is 2.23. The first kappa shape index (κ1) is 17.1. The first-order valence-electron chi connectivity index (χ1n) is 6.88. The van der Waals surface area contributed by atoms with Gasteiger partial charge in [0.1, 0.15) is 5.82 Å².